The number of carbonyl (C=O) groups is 2. The van der Waals surface area contributed by atoms with Crippen LogP contribution in [0.15, 0.2) is 18.2 Å². The summed E-state index contributed by atoms with van der Waals surface area (Å²) in [5, 5.41) is 2.61. The fourth-order valence-electron chi connectivity index (χ4n) is 2.16. The van der Waals surface area contributed by atoms with Gasteiger partial charge in [-0.15, -0.1) is 0 Å². The summed E-state index contributed by atoms with van der Waals surface area (Å²) in [5.74, 6) is -1.59. The number of nitrogens with one attached hydrogen (secondary N) is 1. The number of amides is 2. The van der Waals surface area contributed by atoms with Crippen molar-refractivity contribution in [3.05, 3.63) is 29.6 Å². The van der Waals surface area contributed by atoms with Gasteiger partial charge < -0.3 is 15.8 Å². The van der Waals surface area contributed by atoms with Gasteiger partial charge in [0, 0.05) is 5.69 Å². The smallest absolute Gasteiger partial charge is 0.253 e. The maximum absolute atomic E-state index is 13.3. The van der Waals surface area contributed by atoms with E-state index >= 15 is 0 Å². The zero-order valence-electron chi connectivity index (χ0n) is 11.4. The van der Waals surface area contributed by atoms with Crippen LogP contribution in [0, 0.1) is 11.7 Å². The second-order valence-electron chi connectivity index (χ2n) is 5.09. The highest BCUT2D eigenvalue weighted by Crippen LogP contribution is 2.26. The molecule has 0 aromatic heterocycles. The number of hydrogen-bond acceptors (Lipinski definition) is 3. The van der Waals surface area contributed by atoms with Crippen molar-refractivity contribution in [2.24, 2.45) is 11.7 Å². The molecule has 0 spiro atoms. The highest BCUT2D eigenvalue weighted by atomic mass is 19.1. The van der Waals surface area contributed by atoms with E-state index in [2.05, 4.69) is 5.32 Å². The maximum atomic E-state index is 13.3. The van der Waals surface area contributed by atoms with Gasteiger partial charge in [0.1, 0.15) is 11.9 Å². The third kappa shape index (κ3) is 2.96. The number of anilines is 1. The molecular formula is C14H17FN2O3. The fourth-order valence-corrected chi connectivity index (χ4v) is 2.16. The molecule has 3 unspecified atom stereocenters. The standard InChI is InChI=1S/C14H17FN2O3/c1-7-5-12(20-8(7)2)14(19)17-9-3-4-11(15)10(6-9)13(16)18/h3-4,6-8,12H,5H2,1-2H3,(H2,16,18)(H,17,19). The van der Waals surface area contributed by atoms with Crippen molar-refractivity contribution < 1.29 is 18.7 Å². The second-order valence-corrected chi connectivity index (χ2v) is 5.09. The van der Waals surface area contributed by atoms with Crippen LogP contribution >= 0.6 is 0 Å². The number of rotatable bonds is 3. The van der Waals surface area contributed by atoms with Crippen molar-refractivity contribution in [2.75, 3.05) is 5.32 Å². The van der Waals surface area contributed by atoms with Crippen LogP contribution in [0.3, 0.4) is 0 Å². The van der Waals surface area contributed by atoms with E-state index in [0.29, 0.717) is 18.0 Å². The molecule has 0 radical (unpaired) electrons. The molecule has 0 aliphatic carbocycles. The third-order valence-electron chi connectivity index (χ3n) is 3.56. The number of benzene rings is 1. The van der Waals surface area contributed by atoms with E-state index in [1.165, 1.54) is 12.1 Å². The fraction of sp³-hybridized carbons (Fsp3) is 0.429. The van der Waals surface area contributed by atoms with Crippen LogP contribution in [0.25, 0.3) is 0 Å². The average Bonchev–Trinajstić information content (AvgIpc) is 2.72. The van der Waals surface area contributed by atoms with E-state index < -0.39 is 17.8 Å². The first-order chi connectivity index (χ1) is 9.38. The quantitative estimate of drug-likeness (QED) is 0.883. The van der Waals surface area contributed by atoms with Crippen LogP contribution in [-0.2, 0) is 9.53 Å². The number of hydrogen-bond donors (Lipinski definition) is 2. The minimum absolute atomic E-state index is 0.0279. The molecule has 3 atom stereocenters. The van der Waals surface area contributed by atoms with E-state index in [0.717, 1.165) is 6.07 Å². The van der Waals surface area contributed by atoms with Gasteiger partial charge in [-0.1, -0.05) is 6.92 Å². The summed E-state index contributed by atoms with van der Waals surface area (Å²) in [4.78, 5) is 23.1. The van der Waals surface area contributed by atoms with Gasteiger partial charge in [0.2, 0.25) is 0 Å². The largest absolute Gasteiger partial charge is 0.366 e. The molecule has 108 valence electrons. The van der Waals surface area contributed by atoms with Crippen LogP contribution in [0.2, 0.25) is 0 Å². The number of ether oxygens (including phenoxy) is 1. The summed E-state index contributed by atoms with van der Waals surface area (Å²) in [5.41, 5.74) is 5.12. The molecule has 0 saturated carbocycles. The monoisotopic (exact) mass is 280 g/mol. The molecule has 1 aromatic rings. The molecule has 1 saturated heterocycles. The molecule has 6 heteroatoms. The highest BCUT2D eigenvalue weighted by Gasteiger charge is 2.33. The third-order valence-corrected chi connectivity index (χ3v) is 3.56. The van der Waals surface area contributed by atoms with Gasteiger partial charge in [-0.2, -0.15) is 0 Å². The lowest BCUT2D eigenvalue weighted by molar-refractivity contribution is -0.126. The van der Waals surface area contributed by atoms with E-state index in [-0.39, 0.29) is 17.6 Å². The highest BCUT2D eigenvalue weighted by molar-refractivity contribution is 5.97. The van der Waals surface area contributed by atoms with Crippen LogP contribution < -0.4 is 11.1 Å². The second kappa shape index (κ2) is 5.58. The maximum Gasteiger partial charge on any atom is 0.253 e. The Kier molecular flexibility index (Phi) is 4.04. The first kappa shape index (κ1) is 14.5. The first-order valence-corrected chi connectivity index (χ1v) is 6.44. The summed E-state index contributed by atoms with van der Waals surface area (Å²) < 4.78 is 18.9. The molecule has 2 rings (SSSR count). The van der Waals surface area contributed by atoms with Gasteiger partial charge in [0.25, 0.3) is 11.8 Å². The number of carbonyl (C=O) groups excluding carboxylic acids is 2. The molecule has 1 aliphatic heterocycles. The van der Waals surface area contributed by atoms with Crippen molar-refractivity contribution >= 4 is 17.5 Å². The van der Waals surface area contributed by atoms with Crippen molar-refractivity contribution in [2.45, 2.75) is 32.5 Å². The van der Waals surface area contributed by atoms with Gasteiger partial charge >= 0.3 is 0 Å². The molecule has 1 aromatic carbocycles. The summed E-state index contributed by atoms with van der Waals surface area (Å²) >= 11 is 0. The van der Waals surface area contributed by atoms with Gasteiger partial charge in [-0.25, -0.2) is 4.39 Å². The van der Waals surface area contributed by atoms with Crippen molar-refractivity contribution in [3.63, 3.8) is 0 Å². The molecule has 1 aliphatic rings. The van der Waals surface area contributed by atoms with Gasteiger partial charge in [0.15, 0.2) is 0 Å². The summed E-state index contributed by atoms with van der Waals surface area (Å²) in [6.07, 6.45) is 0.138. The Morgan fingerprint density at radius 2 is 2.10 bits per heavy atom. The van der Waals surface area contributed by atoms with Crippen LogP contribution in [-0.4, -0.2) is 24.0 Å². The Bertz CT molecular complexity index is 537. The van der Waals surface area contributed by atoms with Gasteiger partial charge in [-0.05, 0) is 37.5 Å². The lowest BCUT2D eigenvalue weighted by atomic mass is 10.0. The predicted octanol–water partition coefficient (Wildman–Crippen LogP) is 1.68. The first-order valence-electron chi connectivity index (χ1n) is 6.44. The molecule has 1 fully saturated rings. The average molecular weight is 280 g/mol. The Morgan fingerprint density at radius 1 is 1.40 bits per heavy atom. The molecule has 5 nitrogen and oxygen atoms in total. The molecule has 0 bridgehead atoms. The lowest BCUT2D eigenvalue weighted by Gasteiger charge is -2.12. The van der Waals surface area contributed by atoms with Crippen LogP contribution in [0.1, 0.15) is 30.6 Å². The van der Waals surface area contributed by atoms with E-state index in [4.69, 9.17) is 10.5 Å². The molecular weight excluding hydrogens is 263 g/mol. The summed E-state index contributed by atoms with van der Waals surface area (Å²) in [7, 11) is 0. The Hall–Kier alpha value is -1.95. The number of nitrogens with two attached hydrogens (primary N) is 1. The Morgan fingerprint density at radius 3 is 2.65 bits per heavy atom. The molecule has 20 heavy (non-hydrogen) atoms. The zero-order valence-corrected chi connectivity index (χ0v) is 11.4. The van der Waals surface area contributed by atoms with Crippen molar-refractivity contribution in [1.82, 2.24) is 0 Å². The van der Waals surface area contributed by atoms with Crippen LogP contribution in [0.5, 0.6) is 0 Å². The summed E-state index contributed by atoms with van der Waals surface area (Å²) in [6, 6.07) is 3.69. The van der Waals surface area contributed by atoms with E-state index in [1.54, 1.807) is 0 Å². The minimum Gasteiger partial charge on any atom is -0.366 e. The number of primary amides is 1. The molecule has 3 N–H and O–H groups in total. The van der Waals surface area contributed by atoms with Crippen molar-refractivity contribution in [3.8, 4) is 0 Å². The minimum atomic E-state index is -0.877. The molecule has 2 amide bonds. The number of halogens is 1. The van der Waals surface area contributed by atoms with E-state index in [1.807, 2.05) is 13.8 Å². The zero-order chi connectivity index (χ0) is 14.9. The Balaban J connectivity index is 2.09. The normalized spacial score (nSPS) is 25.4. The topological polar surface area (TPSA) is 81.4 Å². The van der Waals surface area contributed by atoms with Gasteiger partial charge in [0.05, 0.1) is 11.7 Å². The van der Waals surface area contributed by atoms with Gasteiger partial charge in [-0.3, -0.25) is 9.59 Å². The van der Waals surface area contributed by atoms with E-state index in [9.17, 15) is 14.0 Å². The van der Waals surface area contributed by atoms with Crippen LogP contribution in [0.4, 0.5) is 10.1 Å². The SMILES string of the molecule is CC1CC(C(=O)Nc2ccc(F)c(C(N)=O)c2)OC1C. The Labute approximate surface area is 116 Å². The van der Waals surface area contributed by atoms with Crippen molar-refractivity contribution in [1.29, 1.82) is 0 Å². The predicted molar refractivity (Wildman–Crippen MR) is 71.7 cm³/mol. The lowest BCUT2D eigenvalue weighted by Crippen LogP contribution is -2.28. The summed E-state index contributed by atoms with van der Waals surface area (Å²) in [6.45, 7) is 3.93. The molecule has 1 heterocycles.